The highest BCUT2D eigenvalue weighted by molar-refractivity contribution is 5.76. The molecule has 0 aromatic carbocycles. The average molecular weight is 356 g/mol. The molecule has 1 fully saturated rings. The molecule has 26 heavy (non-hydrogen) atoms. The van der Waals surface area contributed by atoms with Crippen molar-refractivity contribution in [2.45, 2.75) is 38.1 Å². The third kappa shape index (κ3) is 5.00. The maximum Gasteiger partial charge on any atom is 0.223 e. The number of likely N-dealkylation sites (tertiary alicyclic amines) is 1. The molecule has 0 spiro atoms. The zero-order valence-electron chi connectivity index (χ0n) is 15.6. The summed E-state index contributed by atoms with van der Waals surface area (Å²) in [5.74, 6) is 2.05. The van der Waals surface area contributed by atoms with Crippen LogP contribution in [0.5, 0.6) is 0 Å². The number of nitrogens with one attached hydrogen (secondary N) is 1. The fraction of sp³-hybridized carbons (Fsp3) is 0.500. The molecule has 1 aliphatic rings. The van der Waals surface area contributed by atoms with E-state index in [1.54, 1.807) is 6.26 Å². The number of aromatic nitrogens is 1. The van der Waals surface area contributed by atoms with Crippen molar-refractivity contribution in [3.63, 3.8) is 0 Å². The number of amides is 1. The van der Waals surface area contributed by atoms with Crippen molar-refractivity contribution < 1.29 is 9.21 Å². The monoisotopic (exact) mass is 356 g/mol. The molecule has 2 aromatic heterocycles. The molecule has 0 bridgehead atoms. The first-order valence-electron chi connectivity index (χ1n) is 9.32. The Morgan fingerprint density at radius 3 is 2.88 bits per heavy atom. The van der Waals surface area contributed by atoms with E-state index >= 15 is 0 Å². The van der Waals surface area contributed by atoms with E-state index in [2.05, 4.69) is 16.4 Å². The first kappa shape index (κ1) is 18.3. The van der Waals surface area contributed by atoms with Crippen molar-refractivity contribution in [3.05, 3.63) is 42.5 Å². The Balaban J connectivity index is 1.47. The fourth-order valence-corrected chi connectivity index (χ4v) is 3.30. The van der Waals surface area contributed by atoms with Crippen LogP contribution in [0.3, 0.4) is 0 Å². The lowest BCUT2D eigenvalue weighted by atomic mass is 10.1. The number of carbonyl (C=O) groups is 1. The summed E-state index contributed by atoms with van der Waals surface area (Å²) in [6.45, 7) is 1.64. The Kier molecular flexibility index (Phi) is 6.15. The molecule has 140 valence electrons. The molecule has 6 heteroatoms. The van der Waals surface area contributed by atoms with Crippen molar-refractivity contribution in [3.8, 4) is 0 Å². The maximum atomic E-state index is 12.5. The number of aryl methyl sites for hydroxylation is 1. The summed E-state index contributed by atoms with van der Waals surface area (Å²) in [7, 11) is 3.97. The van der Waals surface area contributed by atoms with Gasteiger partial charge in [-0.3, -0.25) is 4.79 Å². The van der Waals surface area contributed by atoms with E-state index in [4.69, 9.17) is 4.42 Å². The van der Waals surface area contributed by atoms with Crippen molar-refractivity contribution in [1.82, 2.24) is 9.88 Å². The summed E-state index contributed by atoms with van der Waals surface area (Å²) < 4.78 is 5.31. The number of pyridine rings is 1. The Morgan fingerprint density at radius 2 is 2.19 bits per heavy atom. The quantitative estimate of drug-likeness (QED) is 0.861. The molecule has 0 saturated carbocycles. The van der Waals surface area contributed by atoms with Crippen LogP contribution in [0.2, 0.25) is 0 Å². The number of hydrogen-bond donors (Lipinski definition) is 1. The van der Waals surface area contributed by atoms with Crippen molar-refractivity contribution in [2.24, 2.45) is 0 Å². The summed E-state index contributed by atoms with van der Waals surface area (Å²) in [5, 5.41) is 3.57. The standard InChI is InChI=1S/C20H28N4O2/c1-23(2)19-9-7-17(15-21-19)22-16-5-3-12-24(13-11-16)20(25)10-8-18-6-4-14-26-18/h4,6-7,9,14-16,22H,3,5,8,10-13H2,1-2H3. The van der Waals surface area contributed by atoms with Crippen LogP contribution in [-0.2, 0) is 11.2 Å². The van der Waals surface area contributed by atoms with Crippen LogP contribution in [0.25, 0.3) is 0 Å². The highest BCUT2D eigenvalue weighted by atomic mass is 16.3. The van der Waals surface area contributed by atoms with Gasteiger partial charge >= 0.3 is 0 Å². The molecule has 2 aromatic rings. The van der Waals surface area contributed by atoms with Gasteiger partial charge in [-0.1, -0.05) is 0 Å². The van der Waals surface area contributed by atoms with Gasteiger partial charge in [-0.05, 0) is 43.5 Å². The van der Waals surface area contributed by atoms with Gasteiger partial charge in [-0.15, -0.1) is 0 Å². The van der Waals surface area contributed by atoms with Gasteiger partial charge in [-0.25, -0.2) is 4.98 Å². The lowest BCUT2D eigenvalue weighted by Crippen LogP contribution is -2.32. The number of hydrogen-bond acceptors (Lipinski definition) is 5. The fourth-order valence-electron chi connectivity index (χ4n) is 3.30. The Labute approximate surface area is 155 Å². The number of rotatable bonds is 6. The second-order valence-electron chi connectivity index (χ2n) is 7.03. The number of carbonyl (C=O) groups excluding carboxylic acids is 1. The van der Waals surface area contributed by atoms with Crippen LogP contribution in [0, 0.1) is 0 Å². The summed E-state index contributed by atoms with van der Waals surface area (Å²) in [5.41, 5.74) is 1.04. The number of nitrogens with zero attached hydrogens (tertiary/aromatic N) is 3. The molecule has 3 heterocycles. The number of furan rings is 1. The normalized spacial score (nSPS) is 17.6. The van der Waals surface area contributed by atoms with Gasteiger partial charge in [0.2, 0.25) is 5.91 Å². The highest BCUT2D eigenvalue weighted by Crippen LogP contribution is 2.19. The minimum absolute atomic E-state index is 0.221. The maximum absolute atomic E-state index is 12.5. The summed E-state index contributed by atoms with van der Waals surface area (Å²) >= 11 is 0. The zero-order chi connectivity index (χ0) is 18.4. The van der Waals surface area contributed by atoms with E-state index in [1.807, 2.05) is 48.3 Å². The predicted octanol–water partition coefficient (Wildman–Crippen LogP) is 3.17. The third-order valence-electron chi connectivity index (χ3n) is 4.82. The van der Waals surface area contributed by atoms with Crippen molar-refractivity contribution in [1.29, 1.82) is 0 Å². The molecular formula is C20H28N4O2. The zero-order valence-corrected chi connectivity index (χ0v) is 15.6. The van der Waals surface area contributed by atoms with Gasteiger partial charge in [0.05, 0.1) is 18.1 Å². The van der Waals surface area contributed by atoms with E-state index in [0.717, 1.165) is 49.6 Å². The van der Waals surface area contributed by atoms with Gasteiger partial charge < -0.3 is 19.5 Å². The van der Waals surface area contributed by atoms with Crippen LogP contribution in [0.4, 0.5) is 11.5 Å². The van der Waals surface area contributed by atoms with Crippen LogP contribution in [0.15, 0.2) is 41.1 Å². The summed E-state index contributed by atoms with van der Waals surface area (Å²) in [6, 6.07) is 8.25. The highest BCUT2D eigenvalue weighted by Gasteiger charge is 2.20. The largest absolute Gasteiger partial charge is 0.469 e. The van der Waals surface area contributed by atoms with Crippen LogP contribution < -0.4 is 10.2 Å². The Morgan fingerprint density at radius 1 is 1.31 bits per heavy atom. The lowest BCUT2D eigenvalue weighted by Gasteiger charge is -2.21. The molecule has 1 N–H and O–H groups in total. The molecule has 1 aliphatic heterocycles. The molecule has 3 rings (SSSR count). The second kappa shape index (κ2) is 8.74. The molecule has 1 unspecified atom stereocenters. The van der Waals surface area contributed by atoms with E-state index in [-0.39, 0.29) is 5.91 Å². The van der Waals surface area contributed by atoms with Crippen LogP contribution >= 0.6 is 0 Å². The molecule has 0 radical (unpaired) electrons. The van der Waals surface area contributed by atoms with E-state index in [1.165, 1.54) is 0 Å². The second-order valence-corrected chi connectivity index (χ2v) is 7.03. The van der Waals surface area contributed by atoms with Crippen molar-refractivity contribution >= 4 is 17.4 Å². The Bertz CT molecular complexity index is 682. The van der Waals surface area contributed by atoms with Crippen molar-refractivity contribution in [2.75, 3.05) is 37.4 Å². The molecule has 1 amide bonds. The molecule has 1 saturated heterocycles. The first-order valence-corrected chi connectivity index (χ1v) is 9.32. The van der Waals surface area contributed by atoms with E-state index < -0.39 is 0 Å². The van der Waals surface area contributed by atoms with E-state index in [0.29, 0.717) is 18.9 Å². The SMILES string of the molecule is CN(C)c1ccc(NC2CCCN(C(=O)CCc3ccco3)CC2)cn1. The minimum atomic E-state index is 0.221. The van der Waals surface area contributed by atoms with E-state index in [9.17, 15) is 4.79 Å². The molecule has 0 aliphatic carbocycles. The van der Waals surface area contributed by atoms with Gasteiger partial charge in [0.15, 0.2) is 0 Å². The lowest BCUT2D eigenvalue weighted by molar-refractivity contribution is -0.131. The molecule has 1 atom stereocenters. The predicted molar refractivity (Wildman–Crippen MR) is 103 cm³/mol. The van der Waals surface area contributed by atoms with Gasteiger partial charge in [0.1, 0.15) is 11.6 Å². The Hall–Kier alpha value is -2.50. The average Bonchev–Trinajstić information content (AvgIpc) is 3.05. The molecular weight excluding hydrogens is 328 g/mol. The van der Waals surface area contributed by atoms with Gasteiger partial charge in [0.25, 0.3) is 0 Å². The van der Waals surface area contributed by atoms with Gasteiger partial charge in [-0.2, -0.15) is 0 Å². The molecule has 6 nitrogen and oxygen atoms in total. The van der Waals surface area contributed by atoms with Crippen LogP contribution in [-0.4, -0.2) is 49.0 Å². The summed E-state index contributed by atoms with van der Waals surface area (Å²) in [4.78, 5) is 20.9. The third-order valence-corrected chi connectivity index (χ3v) is 4.82. The minimum Gasteiger partial charge on any atom is -0.469 e. The van der Waals surface area contributed by atoms with Gasteiger partial charge in [0, 0.05) is 46.1 Å². The first-order chi connectivity index (χ1) is 12.6. The summed E-state index contributed by atoms with van der Waals surface area (Å²) in [6.07, 6.45) is 7.77. The topological polar surface area (TPSA) is 61.6 Å². The van der Waals surface area contributed by atoms with Crippen LogP contribution in [0.1, 0.15) is 31.4 Å². The smallest absolute Gasteiger partial charge is 0.223 e. The number of anilines is 2.